The number of hydrogen-bond acceptors (Lipinski definition) is 5. The van der Waals surface area contributed by atoms with Crippen LogP contribution >= 0.6 is 0 Å². The molecule has 1 aliphatic heterocycles. The number of nitrogens with two attached hydrogens (primary N) is 1. The summed E-state index contributed by atoms with van der Waals surface area (Å²) in [4.78, 5) is 17.8. The van der Waals surface area contributed by atoms with E-state index in [2.05, 4.69) is 16.8 Å². The van der Waals surface area contributed by atoms with Crippen LogP contribution in [-0.2, 0) is 4.79 Å². The van der Waals surface area contributed by atoms with E-state index in [1.54, 1.807) is 18.2 Å². The number of carboxylic acids is 1. The van der Waals surface area contributed by atoms with Crippen LogP contribution in [0.2, 0.25) is 0 Å². The predicted molar refractivity (Wildman–Crippen MR) is 138 cm³/mol. The van der Waals surface area contributed by atoms with E-state index in [-0.39, 0.29) is 23.8 Å². The molecule has 2 heterocycles. The quantitative estimate of drug-likeness (QED) is 0.407. The van der Waals surface area contributed by atoms with Gasteiger partial charge in [-0.2, -0.15) is 0 Å². The normalized spacial score (nSPS) is 18.6. The highest BCUT2D eigenvalue weighted by molar-refractivity contribution is 5.84. The van der Waals surface area contributed by atoms with Crippen LogP contribution in [0.1, 0.15) is 42.9 Å². The lowest BCUT2D eigenvalue weighted by Crippen LogP contribution is -2.41. The number of carbonyl (C=O) groups is 1. The van der Waals surface area contributed by atoms with Gasteiger partial charge in [0.25, 0.3) is 0 Å². The standard InChI is InChI=1S/C29H30F3N3O3/c1-38-22-6-9-27-23(15-22)29(25(32)16-34-27)26(33)8-4-18-10-12-35(17-20(18)14-28(36)37)11-2-3-19-13-21(30)5-7-24(19)31/h5-7,9,13,15-16,18,20,26H,4,8,10-12,14,17,33H2,1H3,(H,36,37)/t18-,20-,26+/m1/s1. The highest BCUT2D eigenvalue weighted by Gasteiger charge is 2.31. The fraction of sp³-hybridized carbons (Fsp3) is 0.379. The lowest BCUT2D eigenvalue weighted by Gasteiger charge is -2.37. The molecule has 200 valence electrons. The number of carboxylic acid groups (broad SMARTS) is 1. The zero-order valence-corrected chi connectivity index (χ0v) is 21.1. The van der Waals surface area contributed by atoms with Crippen molar-refractivity contribution in [1.29, 1.82) is 0 Å². The molecule has 0 spiro atoms. The third-order valence-corrected chi connectivity index (χ3v) is 7.15. The van der Waals surface area contributed by atoms with Crippen LogP contribution in [0.4, 0.5) is 13.2 Å². The van der Waals surface area contributed by atoms with Crippen LogP contribution in [0.15, 0.2) is 42.6 Å². The molecule has 1 aliphatic rings. The average Bonchev–Trinajstić information content (AvgIpc) is 2.89. The summed E-state index contributed by atoms with van der Waals surface area (Å²) in [6.45, 7) is 1.50. The molecule has 3 atom stereocenters. The van der Waals surface area contributed by atoms with Crippen molar-refractivity contribution in [2.75, 3.05) is 26.7 Å². The molecule has 6 nitrogen and oxygen atoms in total. The third-order valence-electron chi connectivity index (χ3n) is 7.15. The minimum atomic E-state index is -0.891. The van der Waals surface area contributed by atoms with Crippen LogP contribution in [0, 0.1) is 41.1 Å². The van der Waals surface area contributed by atoms with Crippen molar-refractivity contribution in [3.63, 3.8) is 0 Å². The monoisotopic (exact) mass is 525 g/mol. The smallest absolute Gasteiger partial charge is 0.303 e. The molecule has 1 aromatic heterocycles. The number of piperidine rings is 1. The Morgan fingerprint density at radius 1 is 1.21 bits per heavy atom. The second-order valence-electron chi connectivity index (χ2n) is 9.65. The number of aromatic nitrogens is 1. The zero-order valence-electron chi connectivity index (χ0n) is 21.1. The van der Waals surface area contributed by atoms with Gasteiger partial charge in [-0.1, -0.05) is 11.8 Å². The van der Waals surface area contributed by atoms with E-state index >= 15 is 0 Å². The van der Waals surface area contributed by atoms with Crippen molar-refractivity contribution in [3.8, 4) is 17.6 Å². The number of halogens is 3. The van der Waals surface area contributed by atoms with Crippen molar-refractivity contribution < 1.29 is 27.8 Å². The second-order valence-corrected chi connectivity index (χ2v) is 9.65. The summed E-state index contributed by atoms with van der Waals surface area (Å²) in [6.07, 6.45) is 3.01. The van der Waals surface area contributed by atoms with Crippen molar-refractivity contribution in [2.45, 2.75) is 31.7 Å². The van der Waals surface area contributed by atoms with Gasteiger partial charge in [-0.25, -0.2) is 13.2 Å². The van der Waals surface area contributed by atoms with Crippen LogP contribution in [0.25, 0.3) is 10.9 Å². The maximum absolute atomic E-state index is 14.8. The highest BCUT2D eigenvalue weighted by Crippen LogP contribution is 2.35. The number of methoxy groups -OCH3 is 1. The number of benzene rings is 2. The number of ether oxygens (including phenoxy) is 1. The largest absolute Gasteiger partial charge is 0.497 e. The van der Waals surface area contributed by atoms with Crippen LogP contribution in [-0.4, -0.2) is 47.7 Å². The maximum atomic E-state index is 14.8. The number of rotatable bonds is 8. The SMILES string of the molecule is COc1ccc2ncc(F)c([C@@H](N)CC[C@@H]3CCN(CC#Cc4cc(F)ccc4F)C[C@H]3CC(=O)O)c2c1. The summed E-state index contributed by atoms with van der Waals surface area (Å²) < 4.78 is 47.3. The maximum Gasteiger partial charge on any atom is 0.303 e. The van der Waals surface area contributed by atoms with Gasteiger partial charge in [0.2, 0.25) is 0 Å². The molecule has 4 rings (SSSR count). The first-order valence-corrected chi connectivity index (χ1v) is 12.5. The topological polar surface area (TPSA) is 88.7 Å². The van der Waals surface area contributed by atoms with Gasteiger partial charge in [0.15, 0.2) is 0 Å². The van der Waals surface area contributed by atoms with Gasteiger partial charge in [0, 0.05) is 30.0 Å². The van der Waals surface area contributed by atoms with E-state index in [4.69, 9.17) is 10.5 Å². The molecule has 1 fully saturated rings. The van der Waals surface area contributed by atoms with E-state index in [1.165, 1.54) is 13.3 Å². The van der Waals surface area contributed by atoms with Gasteiger partial charge >= 0.3 is 5.97 Å². The van der Waals surface area contributed by atoms with Crippen LogP contribution in [0.3, 0.4) is 0 Å². The summed E-state index contributed by atoms with van der Waals surface area (Å²) in [6, 6.07) is 7.77. The molecule has 38 heavy (non-hydrogen) atoms. The van der Waals surface area contributed by atoms with Crippen LogP contribution < -0.4 is 10.5 Å². The minimum Gasteiger partial charge on any atom is -0.497 e. The molecule has 0 bridgehead atoms. The summed E-state index contributed by atoms with van der Waals surface area (Å²) in [7, 11) is 1.54. The Labute approximate surface area is 219 Å². The molecular weight excluding hydrogens is 495 g/mol. The number of hydrogen-bond donors (Lipinski definition) is 2. The fourth-order valence-electron chi connectivity index (χ4n) is 5.18. The Kier molecular flexibility index (Phi) is 8.87. The average molecular weight is 526 g/mol. The fourth-order valence-corrected chi connectivity index (χ4v) is 5.18. The number of pyridine rings is 1. The Balaban J connectivity index is 1.42. The summed E-state index contributed by atoms with van der Waals surface area (Å²) in [5.41, 5.74) is 7.46. The van der Waals surface area contributed by atoms with E-state index in [0.29, 0.717) is 54.7 Å². The van der Waals surface area contributed by atoms with E-state index < -0.39 is 29.5 Å². The third kappa shape index (κ3) is 6.63. The lowest BCUT2D eigenvalue weighted by molar-refractivity contribution is -0.139. The number of fused-ring (bicyclic) bond motifs is 1. The number of aliphatic carboxylic acids is 1. The van der Waals surface area contributed by atoms with Crippen LogP contribution in [0.5, 0.6) is 5.75 Å². The van der Waals surface area contributed by atoms with Crippen molar-refractivity contribution in [2.24, 2.45) is 17.6 Å². The van der Waals surface area contributed by atoms with Gasteiger partial charge < -0.3 is 15.6 Å². The predicted octanol–water partition coefficient (Wildman–Crippen LogP) is 4.91. The van der Waals surface area contributed by atoms with E-state index in [1.807, 2.05) is 4.90 Å². The Morgan fingerprint density at radius 2 is 2.03 bits per heavy atom. The molecular formula is C29H30F3N3O3. The zero-order chi connectivity index (χ0) is 27.2. The van der Waals surface area contributed by atoms with Gasteiger partial charge in [0.05, 0.1) is 30.9 Å². The Morgan fingerprint density at radius 3 is 2.79 bits per heavy atom. The Bertz CT molecular complexity index is 1370. The second kappa shape index (κ2) is 12.3. The molecule has 0 unspecified atom stereocenters. The van der Waals surface area contributed by atoms with Gasteiger partial charge in [0.1, 0.15) is 23.2 Å². The molecule has 0 saturated carbocycles. The van der Waals surface area contributed by atoms with Crippen molar-refractivity contribution >= 4 is 16.9 Å². The Hall–Kier alpha value is -3.61. The molecule has 9 heteroatoms. The van der Waals surface area contributed by atoms with E-state index in [9.17, 15) is 23.1 Å². The van der Waals surface area contributed by atoms with Crippen molar-refractivity contribution in [1.82, 2.24) is 9.88 Å². The first kappa shape index (κ1) is 27.4. The first-order chi connectivity index (χ1) is 18.2. The molecule has 1 saturated heterocycles. The lowest BCUT2D eigenvalue weighted by atomic mass is 9.79. The van der Waals surface area contributed by atoms with Gasteiger partial charge in [-0.3, -0.25) is 14.7 Å². The molecule has 3 N–H and O–H groups in total. The molecule has 0 radical (unpaired) electrons. The number of nitrogens with zero attached hydrogens (tertiary/aromatic N) is 2. The van der Waals surface area contributed by atoms with E-state index in [0.717, 1.165) is 24.6 Å². The summed E-state index contributed by atoms with van der Waals surface area (Å²) >= 11 is 0. The molecule has 0 amide bonds. The summed E-state index contributed by atoms with van der Waals surface area (Å²) in [5.74, 6) is 3.55. The minimum absolute atomic E-state index is 0.00783. The molecule has 2 aromatic carbocycles. The molecule has 0 aliphatic carbocycles. The number of likely N-dealkylation sites (tertiary alicyclic amines) is 1. The van der Waals surface area contributed by atoms with Gasteiger partial charge in [-0.15, -0.1) is 0 Å². The highest BCUT2D eigenvalue weighted by atomic mass is 19.1. The van der Waals surface area contributed by atoms with Crippen molar-refractivity contribution in [3.05, 3.63) is 71.2 Å². The molecule has 3 aromatic rings. The summed E-state index contributed by atoms with van der Waals surface area (Å²) in [5, 5.41) is 10.1. The first-order valence-electron chi connectivity index (χ1n) is 12.5. The van der Waals surface area contributed by atoms with Gasteiger partial charge in [-0.05, 0) is 74.0 Å².